The van der Waals surface area contributed by atoms with Crippen LogP contribution in [-0.4, -0.2) is 22.2 Å². The Morgan fingerprint density at radius 2 is 2.14 bits per heavy atom. The van der Waals surface area contributed by atoms with Crippen LogP contribution in [0, 0.1) is 12.3 Å². The minimum Gasteiger partial charge on any atom is -0.389 e. The molecule has 0 spiro atoms. The minimum absolute atomic E-state index is 0.0125. The van der Waals surface area contributed by atoms with Crippen molar-refractivity contribution < 1.29 is 10.2 Å². The van der Waals surface area contributed by atoms with Gasteiger partial charge in [-0.05, 0) is 17.7 Å². The molecule has 0 aliphatic rings. The van der Waals surface area contributed by atoms with E-state index in [0.29, 0.717) is 11.1 Å². The Morgan fingerprint density at radius 1 is 1.43 bits per heavy atom. The Morgan fingerprint density at radius 3 is 2.71 bits per heavy atom. The lowest BCUT2D eigenvalue weighted by molar-refractivity contribution is 0.0327. The lowest BCUT2D eigenvalue weighted by Crippen LogP contribution is -2.19. The molecule has 0 fully saturated rings. The van der Waals surface area contributed by atoms with E-state index < -0.39 is 12.2 Å². The van der Waals surface area contributed by atoms with E-state index in [0.717, 1.165) is 0 Å². The average Bonchev–Trinajstić information content (AvgIpc) is 2.27. The molecule has 0 aliphatic carbocycles. The molecule has 14 heavy (non-hydrogen) atoms. The number of halogens is 1. The van der Waals surface area contributed by atoms with E-state index in [-0.39, 0.29) is 5.88 Å². The van der Waals surface area contributed by atoms with E-state index in [1.54, 1.807) is 24.3 Å². The highest BCUT2D eigenvalue weighted by molar-refractivity contribution is 6.18. The normalized spacial score (nSPS) is 14.4. The third-order valence-corrected chi connectivity index (χ3v) is 2.23. The largest absolute Gasteiger partial charge is 0.389 e. The van der Waals surface area contributed by atoms with Crippen molar-refractivity contribution in [1.82, 2.24) is 0 Å². The van der Waals surface area contributed by atoms with Gasteiger partial charge >= 0.3 is 0 Å². The molecule has 0 heterocycles. The highest BCUT2D eigenvalue weighted by Gasteiger charge is 2.16. The minimum atomic E-state index is -0.985. The van der Waals surface area contributed by atoms with Gasteiger partial charge in [0.25, 0.3) is 0 Å². The predicted octanol–water partition coefficient (Wildman–Crippen LogP) is 1.30. The van der Waals surface area contributed by atoms with E-state index in [1.807, 2.05) is 0 Å². The summed E-state index contributed by atoms with van der Waals surface area (Å²) in [7, 11) is 0. The van der Waals surface area contributed by atoms with Gasteiger partial charge in [-0.2, -0.15) is 0 Å². The SMILES string of the molecule is C#Cc1cccc(C(O)C(O)CCl)c1. The van der Waals surface area contributed by atoms with Crippen molar-refractivity contribution in [1.29, 1.82) is 0 Å². The number of aliphatic hydroxyl groups excluding tert-OH is 2. The fourth-order valence-electron chi connectivity index (χ4n) is 1.12. The number of rotatable bonds is 3. The quantitative estimate of drug-likeness (QED) is 0.583. The summed E-state index contributed by atoms with van der Waals surface area (Å²) in [4.78, 5) is 0. The molecular weight excluding hydrogens is 200 g/mol. The molecule has 0 aromatic heterocycles. The first-order valence-corrected chi connectivity index (χ1v) is 4.71. The first-order valence-electron chi connectivity index (χ1n) is 4.17. The average molecular weight is 211 g/mol. The molecule has 0 radical (unpaired) electrons. The molecule has 0 saturated heterocycles. The summed E-state index contributed by atoms with van der Waals surface area (Å²) in [5.74, 6) is 2.44. The van der Waals surface area contributed by atoms with Crippen molar-refractivity contribution in [2.75, 3.05) is 5.88 Å². The summed E-state index contributed by atoms with van der Waals surface area (Å²) in [5, 5.41) is 18.9. The summed E-state index contributed by atoms with van der Waals surface area (Å²) in [5.41, 5.74) is 1.25. The standard InChI is InChI=1S/C11H11ClO2/c1-2-8-4-3-5-9(6-8)11(14)10(13)7-12/h1,3-6,10-11,13-14H,7H2. The molecule has 0 amide bonds. The van der Waals surface area contributed by atoms with Crippen molar-refractivity contribution in [2.45, 2.75) is 12.2 Å². The maximum Gasteiger partial charge on any atom is 0.106 e. The lowest BCUT2D eigenvalue weighted by Gasteiger charge is -2.15. The fourth-order valence-corrected chi connectivity index (χ4v) is 1.29. The van der Waals surface area contributed by atoms with Crippen LogP contribution in [0.1, 0.15) is 17.2 Å². The van der Waals surface area contributed by atoms with Crippen molar-refractivity contribution in [3.63, 3.8) is 0 Å². The van der Waals surface area contributed by atoms with Crippen molar-refractivity contribution in [3.05, 3.63) is 35.4 Å². The van der Waals surface area contributed by atoms with Gasteiger partial charge in [0.05, 0.1) is 12.0 Å². The second-order valence-corrected chi connectivity index (χ2v) is 3.24. The van der Waals surface area contributed by atoms with Crippen LogP contribution < -0.4 is 0 Å². The highest BCUT2D eigenvalue weighted by atomic mass is 35.5. The molecule has 0 bridgehead atoms. The first kappa shape index (κ1) is 11.1. The molecule has 74 valence electrons. The fraction of sp³-hybridized carbons (Fsp3) is 0.273. The maximum absolute atomic E-state index is 9.61. The maximum atomic E-state index is 9.61. The number of hydrogen-bond acceptors (Lipinski definition) is 2. The van der Waals surface area contributed by atoms with E-state index >= 15 is 0 Å². The Balaban J connectivity index is 2.91. The van der Waals surface area contributed by atoms with Crippen LogP contribution in [-0.2, 0) is 0 Å². The van der Waals surface area contributed by atoms with Gasteiger partial charge in [0.15, 0.2) is 0 Å². The Kier molecular flexibility index (Phi) is 3.97. The number of alkyl halides is 1. The van der Waals surface area contributed by atoms with Crippen LogP contribution in [0.25, 0.3) is 0 Å². The van der Waals surface area contributed by atoms with Crippen LogP contribution in [0.15, 0.2) is 24.3 Å². The van der Waals surface area contributed by atoms with Gasteiger partial charge in [0.2, 0.25) is 0 Å². The third-order valence-electron chi connectivity index (χ3n) is 1.92. The molecule has 0 aliphatic heterocycles. The van der Waals surface area contributed by atoms with Crippen molar-refractivity contribution in [3.8, 4) is 12.3 Å². The second-order valence-electron chi connectivity index (χ2n) is 2.94. The van der Waals surface area contributed by atoms with E-state index in [2.05, 4.69) is 5.92 Å². The molecule has 1 rings (SSSR count). The molecule has 2 nitrogen and oxygen atoms in total. The van der Waals surface area contributed by atoms with Crippen LogP contribution >= 0.6 is 11.6 Å². The van der Waals surface area contributed by atoms with Gasteiger partial charge in [-0.1, -0.05) is 18.1 Å². The molecule has 1 aromatic rings. The zero-order chi connectivity index (χ0) is 10.6. The zero-order valence-corrected chi connectivity index (χ0v) is 8.28. The van der Waals surface area contributed by atoms with Crippen LogP contribution in [0.4, 0.5) is 0 Å². The van der Waals surface area contributed by atoms with Gasteiger partial charge < -0.3 is 10.2 Å². The first-order chi connectivity index (χ1) is 6.69. The van der Waals surface area contributed by atoms with E-state index in [9.17, 15) is 10.2 Å². The molecule has 2 atom stereocenters. The smallest absolute Gasteiger partial charge is 0.106 e. The summed E-state index contributed by atoms with van der Waals surface area (Å²) < 4.78 is 0. The topological polar surface area (TPSA) is 40.5 Å². The van der Waals surface area contributed by atoms with Crippen LogP contribution in [0.3, 0.4) is 0 Å². The third kappa shape index (κ3) is 2.49. The zero-order valence-electron chi connectivity index (χ0n) is 7.52. The van der Waals surface area contributed by atoms with Crippen LogP contribution in [0.5, 0.6) is 0 Å². The molecule has 1 aromatic carbocycles. The van der Waals surface area contributed by atoms with Gasteiger partial charge in [0, 0.05) is 5.56 Å². The molecule has 3 heteroatoms. The van der Waals surface area contributed by atoms with E-state index in [4.69, 9.17) is 18.0 Å². The molecule has 2 N–H and O–H groups in total. The monoisotopic (exact) mass is 210 g/mol. The molecule has 0 saturated carbocycles. The van der Waals surface area contributed by atoms with Gasteiger partial charge in [-0.15, -0.1) is 18.0 Å². The molecule has 2 unspecified atom stereocenters. The summed E-state index contributed by atoms with van der Waals surface area (Å²) in [6, 6.07) is 6.83. The molecular formula is C11H11ClO2. The van der Waals surface area contributed by atoms with E-state index in [1.165, 1.54) is 0 Å². The summed E-state index contributed by atoms with van der Waals surface area (Å²) >= 11 is 5.42. The second kappa shape index (κ2) is 5.02. The van der Waals surface area contributed by atoms with Gasteiger partial charge in [0.1, 0.15) is 6.10 Å². The lowest BCUT2D eigenvalue weighted by atomic mass is 10.0. The number of terminal acetylenes is 1. The number of aliphatic hydroxyl groups is 2. The Hall–Kier alpha value is -1.01. The number of benzene rings is 1. The van der Waals surface area contributed by atoms with Crippen LogP contribution in [0.2, 0.25) is 0 Å². The number of hydrogen-bond donors (Lipinski definition) is 2. The summed E-state index contributed by atoms with van der Waals surface area (Å²) in [6.45, 7) is 0. The van der Waals surface area contributed by atoms with Crippen molar-refractivity contribution >= 4 is 11.6 Å². The summed E-state index contributed by atoms with van der Waals surface area (Å²) in [6.07, 6.45) is 3.25. The highest BCUT2D eigenvalue weighted by Crippen LogP contribution is 2.18. The Labute approximate surface area is 88.1 Å². The van der Waals surface area contributed by atoms with Gasteiger partial charge in [-0.3, -0.25) is 0 Å². The van der Waals surface area contributed by atoms with Gasteiger partial charge in [-0.25, -0.2) is 0 Å². The Bertz CT molecular complexity index is 343. The predicted molar refractivity (Wildman–Crippen MR) is 56.1 cm³/mol. The van der Waals surface area contributed by atoms with Crippen molar-refractivity contribution in [2.24, 2.45) is 0 Å².